The van der Waals surface area contributed by atoms with Gasteiger partial charge in [0.1, 0.15) is 0 Å². The highest BCUT2D eigenvalue weighted by Gasteiger charge is 2.07. The van der Waals surface area contributed by atoms with Gasteiger partial charge in [0.2, 0.25) is 0 Å². The van der Waals surface area contributed by atoms with E-state index in [1.54, 1.807) is 6.92 Å². The molecule has 0 radical (unpaired) electrons. The predicted molar refractivity (Wildman–Crippen MR) is 65.0 cm³/mol. The molecule has 1 N–H and O–H groups in total. The van der Waals surface area contributed by atoms with Crippen LogP contribution in [0.3, 0.4) is 0 Å². The average Bonchev–Trinajstić information content (AvgIpc) is 2.27. The molecular weight excluding hydrogens is 204 g/mol. The van der Waals surface area contributed by atoms with Crippen molar-refractivity contribution in [1.29, 1.82) is 0 Å². The van der Waals surface area contributed by atoms with Crippen LogP contribution in [0.15, 0.2) is 0 Å². The Morgan fingerprint density at radius 1 is 1.06 bits per heavy atom. The van der Waals surface area contributed by atoms with E-state index in [9.17, 15) is 4.79 Å². The molecule has 0 saturated heterocycles. The molecule has 0 fully saturated rings. The minimum atomic E-state index is -0.919. The highest BCUT2D eigenvalue weighted by molar-refractivity contribution is 5.69. The summed E-state index contributed by atoms with van der Waals surface area (Å²) < 4.78 is 4.76. The third-order valence-electron chi connectivity index (χ3n) is 2.60. The lowest BCUT2D eigenvalue weighted by Crippen LogP contribution is -2.16. The van der Waals surface area contributed by atoms with Crippen molar-refractivity contribution in [2.75, 3.05) is 0 Å². The van der Waals surface area contributed by atoms with Gasteiger partial charge >= 0.3 is 5.97 Å². The normalized spacial score (nSPS) is 12.4. The molecule has 0 aliphatic carbocycles. The minimum absolute atomic E-state index is 0.275. The lowest BCUT2D eigenvalue weighted by Gasteiger charge is -2.09. The summed E-state index contributed by atoms with van der Waals surface area (Å²) in [7, 11) is 0. The summed E-state index contributed by atoms with van der Waals surface area (Å²) in [6.45, 7) is 3.99. The number of unbranched alkanes of at least 4 members (excludes halogenated alkanes) is 6. The molecule has 1 unspecified atom stereocenters. The van der Waals surface area contributed by atoms with Crippen molar-refractivity contribution in [3.8, 4) is 0 Å². The number of hydrogen-bond donors (Lipinski definition) is 1. The first-order valence-electron chi connectivity index (χ1n) is 6.58. The number of aliphatic hydroxyl groups excluding tert-OH is 1. The Hall–Kier alpha value is -0.570. The molecule has 0 bridgehead atoms. The van der Waals surface area contributed by atoms with E-state index >= 15 is 0 Å². The van der Waals surface area contributed by atoms with Crippen LogP contribution in [0.5, 0.6) is 0 Å². The van der Waals surface area contributed by atoms with Crippen LogP contribution in [0, 0.1) is 0 Å². The molecule has 16 heavy (non-hydrogen) atoms. The highest BCUT2D eigenvalue weighted by Crippen LogP contribution is 2.09. The van der Waals surface area contributed by atoms with Crippen LogP contribution < -0.4 is 0 Å². The van der Waals surface area contributed by atoms with Gasteiger partial charge in [0, 0.05) is 12.8 Å². The van der Waals surface area contributed by atoms with Crippen LogP contribution in [0.2, 0.25) is 0 Å². The third kappa shape index (κ3) is 9.97. The zero-order valence-electron chi connectivity index (χ0n) is 10.7. The van der Waals surface area contributed by atoms with Gasteiger partial charge in [0.05, 0.1) is 0 Å². The Balaban J connectivity index is 3.21. The van der Waals surface area contributed by atoms with Gasteiger partial charge in [-0.05, 0) is 6.42 Å². The van der Waals surface area contributed by atoms with Gasteiger partial charge < -0.3 is 9.84 Å². The molecule has 0 spiro atoms. The number of carbonyl (C=O) groups excluding carboxylic acids is 1. The van der Waals surface area contributed by atoms with E-state index in [4.69, 9.17) is 9.84 Å². The van der Waals surface area contributed by atoms with Gasteiger partial charge in [-0.2, -0.15) is 0 Å². The van der Waals surface area contributed by atoms with Gasteiger partial charge in [0.15, 0.2) is 6.29 Å². The second-order valence-corrected chi connectivity index (χ2v) is 4.22. The number of aliphatic hydroxyl groups is 1. The van der Waals surface area contributed by atoms with E-state index in [2.05, 4.69) is 6.92 Å². The van der Waals surface area contributed by atoms with Gasteiger partial charge in [0.25, 0.3) is 0 Å². The van der Waals surface area contributed by atoms with E-state index in [1.807, 2.05) is 0 Å². The van der Waals surface area contributed by atoms with E-state index in [0.29, 0.717) is 12.8 Å². The maximum Gasteiger partial charge on any atom is 0.308 e. The fraction of sp³-hybridized carbons (Fsp3) is 0.923. The van der Waals surface area contributed by atoms with E-state index in [0.717, 1.165) is 12.8 Å². The molecule has 0 aliphatic heterocycles. The van der Waals surface area contributed by atoms with Crippen LogP contribution in [0.25, 0.3) is 0 Å². The first kappa shape index (κ1) is 15.4. The van der Waals surface area contributed by atoms with Crippen molar-refractivity contribution in [3.05, 3.63) is 0 Å². The fourth-order valence-corrected chi connectivity index (χ4v) is 1.52. The molecule has 0 aromatic heterocycles. The number of carbonyl (C=O) groups is 1. The average molecular weight is 230 g/mol. The maximum absolute atomic E-state index is 11.2. The first-order valence-corrected chi connectivity index (χ1v) is 6.58. The zero-order valence-corrected chi connectivity index (χ0v) is 10.7. The topological polar surface area (TPSA) is 46.5 Å². The second-order valence-electron chi connectivity index (χ2n) is 4.22. The Labute approximate surface area is 99.2 Å². The summed E-state index contributed by atoms with van der Waals surface area (Å²) in [4.78, 5) is 11.2. The quantitative estimate of drug-likeness (QED) is 0.355. The zero-order chi connectivity index (χ0) is 12.2. The largest absolute Gasteiger partial charge is 0.436 e. The molecule has 1 atom stereocenters. The number of ether oxygens (including phenoxy) is 1. The lowest BCUT2D eigenvalue weighted by molar-refractivity contribution is -0.168. The smallest absolute Gasteiger partial charge is 0.308 e. The summed E-state index contributed by atoms with van der Waals surface area (Å²) in [5.74, 6) is -0.275. The molecule has 3 heteroatoms. The van der Waals surface area contributed by atoms with Gasteiger partial charge in [-0.25, -0.2) is 0 Å². The summed E-state index contributed by atoms with van der Waals surface area (Å²) >= 11 is 0. The lowest BCUT2D eigenvalue weighted by atomic mass is 10.1. The van der Waals surface area contributed by atoms with Crippen molar-refractivity contribution in [1.82, 2.24) is 0 Å². The molecular formula is C13H26O3. The minimum Gasteiger partial charge on any atom is -0.436 e. The molecule has 0 amide bonds. The molecule has 0 rings (SSSR count). The van der Waals surface area contributed by atoms with E-state index in [1.165, 1.54) is 32.1 Å². The monoisotopic (exact) mass is 230 g/mol. The van der Waals surface area contributed by atoms with E-state index in [-0.39, 0.29) is 5.97 Å². The molecule has 3 nitrogen and oxygen atoms in total. The first-order chi connectivity index (χ1) is 7.70. The maximum atomic E-state index is 11.2. The van der Waals surface area contributed by atoms with Crippen LogP contribution in [0.4, 0.5) is 0 Å². The van der Waals surface area contributed by atoms with Crippen molar-refractivity contribution < 1.29 is 14.6 Å². The van der Waals surface area contributed by atoms with Gasteiger partial charge in [-0.1, -0.05) is 52.4 Å². The molecule has 96 valence electrons. The molecule has 0 saturated carbocycles. The van der Waals surface area contributed by atoms with Crippen molar-refractivity contribution >= 4 is 5.97 Å². The van der Waals surface area contributed by atoms with Crippen molar-refractivity contribution in [3.63, 3.8) is 0 Å². The number of hydrogen-bond acceptors (Lipinski definition) is 3. The standard InChI is InChI=1S/C13H26O3/c1-3-5-6-7-8-9-10-11-13(15)16-12(14)4-2/h12,14H,3-11H2,1-2H3. The summed E-state index contributed by atoms with van der Waals surface area (Å²) in [5, 5.41) is 9.09. The number of rotatable bonds is 10. The second kappa shape index (κ2) is 10.9. The van der Waals surface area contributed by atoms with E-state index < -0.39 is 6.29 Å². The third-order valence-corrected chi connectivity index (χ3v) is 2.60. The Morgan fingerprint density at radius 3 is 2.19 bits per heavy atom. The fourth-order valence-electron chi connectivity index (χ4n) is 1.52. The van der Waals surface area contributed by atoms with Gasteiger partial charge in [-0.3, -0.25) is 4.79 Å². The van der Waals surface area contributed by atoms with Crippen LogP contribution in [0.1, 0.15) is 71.6 Å². The van der Waals surface area contributed by atoms with Crippen LogP contribution in [-0.2, 0) is 9.53 Å². The Bertz CT molecular complexity index is 169. The highest BCUT2D eigenvalue weighted by atomic mass is 16.6. The molecule has 0 aromatic rings. The predicted octanol–water partition coefficient (Wildman–Crippen LogP) is 3.40. The van der Waals surface area contributed by atoms with Crippen LogP contribution >= 0.6 is 0 Å². The Kier molecular flexibility index (Phi) is 10.5. The molecule has 0 heterocycles. The SMILES string of the molecule is CCCCCCCCCC(=O)OC(O)CC. The summed E-state index contributed by atoms with van der Waals surface area (Å²) in [6, 6.07) is 0. The van der Waals surface area contributed by atoms with Gasteiger partial charge in [-0.15, -0.1) is 0 Å². The van der Waals surface area contributed by atoms with Crippen LogP contribution in [-0.4, -0.2) is 17.4 Å². The number of esters is 1. The molecule has 0 aromatic carbocycles. The summed E-state index contributed by atoms with van der Waals surface area (Å²) in [6.07, 6.45) is 8.28. The Morgan fingerprint density at radius 2 is 1.62 bits per heavy atom. The summed E-state index contributed by atoms with van der Waals surface area (Å²) in [5.41, 5.74) is 0. The van der Waals surface area contributed by atoms with Crippen molar-refractivity contribution in [2.45, 2.75) is 77.9 Å². The molecule has 0 aliphatic rings. The van der Waals surface area contributed by atoms with Crippen molar-refractivity contribution in [2.24, 2.45) is 0 Å².